The van der Waals surface area contributed by atoms with E-state index in [-0.39, 0.29) is 17.4 Å². The summed E-state index contributed by atoms with van der Waals surface area (Å²) >= 11 is 5.49. The van der Waals surface area contributed by atoms with E-state index < -0.39 is 0 Å². The lowest BCUT2D eigenvalue weighted by Gasteiger charge is -2.11. The van der Waals surface area contributed by atoms with Gasteiger partial charge in [0, 0.05) is 16.7 Å². The minimum atomic E-state index is -0.109. The monoisotopic (exact) mass is 184 g/mol. The largest absolute Gasteiger partial charge is 0.290 e. The number of rotatable bonds is 1. The van der Waals surface area contributed by atoms with Crippen LogP contribution in [0, 0.1) is 0 Å². The molecule has 0 saturated heterocycles. The number of Topliss-reactive ketones (excluding diaryl/α,β-unsaturated/α-hetero) is 1. The Kier molecular flexibility index (Phi) is 2.48. The number of ketones is 2. The van der Waals surface area contributed by atoms with Crippen LogP contribution in [0.15, 0.2) is 22.8 Å². The van der Waals surface area contributed by atoms with E-state index in [4.69, 9.17) is 11.6 Å². The van der Waals surface area contributed by atoms with Crippen LogP contribution in [0.4, 0.5) is 0 Å². The molecule has 0 aromatic rings. The number of allylic oxidation sites excluding steroid dienone is 4. The summed E-state index contributed by atoms with van der Waals surface area (Å²) in [6.07, 6.45) is 1.32. The Balaban J connectivity index is 3.13. The van der Waals surface area contributed by atoms with Crippen LogP contribution in [0.3, 0.4) is 0 Å². The molecule has 0 atom stereocenters. The molecule has 0 aliphatic heterocycles. The van der Waals surface area contributed by atoms with E-state index in [1.807, 2.05) is 0 Å². The van der Waals surface area contributed by atoms with E-state index in [0.717, 1.165) is 0 Å². The Morgan fingerprint density at radius 1 is 1.25 bits per heavy atom. The smallest absolute Gasteiger partial charge is 0.186 e. The Hall–Kier alpha value is -0.890. The maximum atomic E-state index is 11.3. The Morgan fingerprint density at radius 3 is 2.33 bits per heavy atom. The maximum absolute atomic E-state index is 11.3. The lowest BCUT2D eigenvalue weighted by Crippen LogP contribution is -2.17. The summed E-state index contributed by atoms with van der Waals surface area (Å²) in [6.45, 7) is 3.30. The average Bonchev–Trinajstić information content (AvgIpc) is 2.08. The van der Waals surface area contributed by atoms with E-state index >= 15 is 0 Å². The van der Waals surface area contributed by atoms with Gasteiger partial charge in [0.2, 0.25) is 0 Å². The first-order chi connectivity index (χ1) is 5.57. The molecule has 1 rings (SSSR count). The van der Waals surface area contributed by atoms with Crippen molar-refractivity contribution in [2.24, 2.45) is 0 Å². The molecule has 0 saturated carbocycles. The van der Waals surface area contributed by atoms with Gasteiger partial charge in [0.25, 0.3) is 0 Å². The summed E-state index contributed by atoms with van der Waals surface area (Å²) in [5.41, 5.74) is 1.43. The fourth-order valence-corrected chi connectivity index (χ4v) is 1.23. The third-order valence-corrected chi connectivity index (χ3v) is 2.30. The molecule has 0 amide bonds. The molecule has 0 unspecified atom stereocenters. The van der Waals surface area contributed by atoms with E-state index in [2.05, 4.69) is 0 Å². The SMILES string of the molecule is CC1=C(C)C(=O)C(CCl)=CC1=O. The van der Waals surface area contributed by atoms with Gasteiger partial charge in [0.05, 0.1) is 5.88 Å². The molecule has 64 valence electrons. The van der Waals surface area contributed by atoms with Crippen LogP contribution >= 0.6 is 11.6 Å². The van der Waals surface area contributed by atoms with Crippen LogP contribution in [-0.4, -0.2) is 17.4 Å². The van der Waals surface area contributed by atoms with E-state index in [0.29, 0.717) is 16.7 Å². The van der Waals surface area contributed by atoms with Gasteiger partial charge in [-0.25, -0.2) is 0 Å². The first-order valence-corrected chi connectivity index (χ1v) is 4.14. The van der Waals surface area contributed by atoms with Gasteiger partial charge in [-0.05, 0) is 19.9 Å². The summed E-state index contributed by atoms with van der Waals surface area (Å²) in [6, 6.07) is 0. The average molecular weight is 185 g/mol. The second-order valence-electron chi connectivity index (χ2n) is 2.75. The molecular formula is C9H9ClO2. The maximum Gasteiger partial charge on any atom is 0.186 e. The highest BCUT2D eigenvalue weighted by molar-refractivity contribution is 6.29. The molecule has 0 bridgehead atoms. The number of alkyl halides is 1. The van der Waals surface area contributed by atoms with Crippen LogP contribution in [0.1, 0.15) is 13.8 Å². The molecule has 0 heterocycles. The molecule has 2 nitrogen and oxygen atoms in total. The predicted octanol–water partition coefficient (Wildman–Crippen LogP) is 1.64. The molecule has 12 heavy (non-hydrogen) atoms. The molecule has 1 aliphatic rings. The molecule has 0 aromatic carbocycles. The molecule has 0 aromatic heterocycles. The standard InChI is InChI=1S/C9H9ClO2/c1-5-6(2)9(12)7(4-10)3-8(5)11/h3H,4H2,1-2H3. The van der Waals surface area contributed by atoms with Gasteiger partial charge in [0.1, 0.15) is 0 Å². The highest BCUT2D eigenvalue weighted by Crippen LogP contribution is 2.18. The first-order valence-electron chi connectivity index (χ1n) is 3.61. The van der Waals surface area contributed by atoms with E-state index in [1.165, 1.54) is 6.08 Å². The minimum Gasteiger partial charge on any atom is -0.290 e. The molecule has 3 heteroatoms. The van der Waals surface area contributed by atoms with Crippen LogP contribution in [0.25, 0.3) is 0 Å². The highest BCUT2D eigenvalue weighted by Gasteiger charge is 2.21. The molecule has 0 N–H and O–H groups in total. The number of halogens is 1. The summed E-state index contributed by atoms with van der Waals surface area (Å²) in [7, 11) is 0. The topological polar surface area (TPSA) is 34.1 Å². The van der Waals surface area contributed by atoms with Crippen molar-refractivity contribution in [3.63, 3.8) is 0 Å². The molecule has 0 fully saturated rings. The Labute approximate surface area is 75.9 Å². The van der Waals surface area contributed by atoms with Gasteiger partial charge in [0.15, 0.2) is 11.6 Å². The normalized spacial score (nSPS) is 18.4. The van der Waals surface area contributed by atoms with Crippen molar-refractivity contribution in [2.45, 2.75) is 13.8 Å². The highest BCUT2D eigenvalue weighted by atomic mass is 35.5. The molecule has 1 aliphatic carbocycles. The van der Waals surface area contributed by atoms with Gasteiger partial charge in [-0.2, -0.15) is 0 Å². The van der Waals surface area contributed by atoms with Crippen LogP contribution in [0.5, 0.6) is 0 Å². The van der Waals surface area contributed by atoms with E-state index in [9.17, 15) is 9.59 Å². The van der Waals surface area contributed by atoms with Crippen molar-refractivity contribution >= 4 is 23.2 Å². The van der Waals surface area contributed by atoms with Crippen molar-refractivity contribution in [3.05, 3.63) is 22.8 Å². The number of hydrogen-bond donors (Lipinski definition) is 0. The summed E-state index contributed by atoms with van der Waals surface area (Å²) in [4.78, 5) is 22.5. The lowest BCUT2D eigenvalue weighted by atomic mass is 9.92. The summed E-state index contributed by atoms with van der Waals surface area (Å²) in [5, 5.41) is 0. The number of carbonyl (C=O) groups is 2. The van der Waals surface area contributed by atoms with Crippen molar-refractivity contribution < 1.29 is 9.59 Å². The van der Waals surface area contributed by atoms with Gasteiger partial charge in [-0.3, -0.25) is 9.59 Å². The molecule has 0 radical (unpaired) electrons. The van der Waals surface area contributed by atoms with Gasteiger partial charge in [-0.1, -0.05) is 0 Å². The zero-order valence-electron chi connectivity index (χ0n) is 6.98. The predicted molar refractivity (Wildman–Crippen MR) is 47.2 cm³/mol. The zero-order chi connectivity index (χ0) is 9.30. The van der Waals surface area contributed by atoms with Crippen LogP contribution in [-0.2, 0) is 9.59 Å². The second kappa shape index (κ2) is 3.23. The second-order valence-corrected chi connectivity index (χ2v) is 3.01. The van der Waals surface area contributed by atoms with Crippen molar-refractivity contribution in [2.75, 3.05) is 5.88 Å². The van der Waals surface area contributed by atoms with Crippen LogP contribution in [0.2, 0.25) is 0 Å². The third-order valence-electron chi connectivity index (χ3n) is 2.01. The van der Waals surface area contributed by atoms with Gasteiger partial charge in [-0.15, -0.1) is 11.6 Å². The third kappa shape index (κ3) is 1.34. The Morgan fingerprint density at radius 2 is 1.83 bits per heavy atom. The zero-order valence-corrected chi connectivity index (χ0v) is 7.73. The summed E-state index contributed by atoms with van der Waals surface area (Å²) < 4.78 is 0. The number of hydrogen-bond acceptors (Lipinski definition) is 2. The van der Waals surface area contributed by atoms with Gasteiger partial charge < -0.3 is 0 Å². The number of carbonyl (C=O) groups excluding carboxylic acids is 2. The molecule has 0 spiro atoms. The fraction of sp³-hybridized carbons (Fsp3) is 0.333. The molecular weight excluding hydrogens is 176 g/mol. The summed E-state index contributed by atoms with van der Waals surface area (Å²) in [5.74, 6) is -0.111. The van der Waals surface area contributed by atoms with Crippen molar-refractivity contribution in [1.82, 2.24) is 0 Å². The van der Waals surface area contributed by atoms with Crippen molar-refractivity contribution in [3.8, 4) is 0 Å². The Bertz CT molecular complexity index is 310. The van der Waals surface area contributed by atoms with Crippen LogP contribution < -0.4 is 0 Å². The lowest BCUT2D eigenvalue weighted by molar-refractivity contribution is -0.115. The van der Waals surface area contributed by atoms with Gasteiger partial charge >= 0.3 is 0 Å². The quantitative estimate of drug-likeness (QED) is 0.459. The first kappa shape index (κ1) is 9.20. The van der Waals surface area contributed by atoms with Crippen molar-refractivity contribution in [1.29, 1.82) is 0 Å². The van der Waals surface area contributed by atoms with E-state index in [1.54, 1.807) is 13.8 Å². The fourth-order valence-electron chi connectivity index (χ4n) is 1.03. The minimum absolute atomic E-state index is 0.106.